The van der Waals surface area contributed by atoms with Gasteiger partial charge in [0.2, 0.25) is 0 Å². The fourth-order valence-corrected chi connectivity index (χ4v) is 2.35. The third-order valence-corrected chi connectivity index (χ3v) is 3.52. The van der Waals surface area contributed by atoms with Gasteiger partial charge in [0.05, 0.1) is 5.69 Å². The topological polar surface area (TPSA) is 60.9 Å². The van der Waals surface area contributed by atoms with Crippen molar-refractivity contribution in [3.05, 3.63) is 63.5 Å². The number of aromatic nitrogens is 2. The standard InChI is InChI=1S/C15H9ClF3N3O/c16-8-1-3-9(4-2-8)22-13(23)7-11(20)10-5-6-12(15(17,18)19)21-14(10)22/h1-7H,20H2. The van der Waals surface area contributed by atoms with Gasteiger partial charge in [-0.15, -0.1) is 0 Å². The van der Waals surface area contributed by atoms with Gasteiger partial charge in [-0.25, -0.2) is 4.98 Å². The lowest BCUT2D eigenvalue weighted by atomic mass is 10.2. The minimum absolute atomic E-state index is 0.0661. The highest BCUT2D eigenvalue weighted by atomic mass is 35.5. The molecule has 8 heteroatoms. The van der Waals surface area contributed by atoms with Crippen LogP contribution >= 0.6 is 11.6 Å². The molecule has 1 aromatic carbocycles. The van der Waals surface area contributed by atoms with E-state index in [4.69, 9.17) is 17.3 Å². The molecule has 0 unspecified atom stereocenters. The number of nitrogens with zero attached hydrogens (tertiary/aromatic N) is 2. The van der Waals surface area contributed by atoms with Gasteiger partial charge in [0.1, 0.15) is 11.3 Å². The Kier molecular flexibility index (Phi) is 3.52. The van der Waals surface area contributed by atoms with Gasteiger partial charge >= 0.3 is 6.18 Å². The molecular formula is C15H9ClF3N3O. The van der Waals surface area contributed by atoms with Crippen LogP contribution < -0.4 is 11.3 Å². The maximum Gasteiger partial charge on any atom is 0.433 e. The molecule has 0 aliphatic rings. The van der Waals surface area contributed by atoms with Gasteiger partial charge in [-0.05, 0) is 36.4 Å². The number of pyridine rings is 2. The van der Waals surface area contributed by atoms with Gasteiger partial charge in [-0.3, -0.25) is 9.36 Å². The summed E-state index contributed by atoms with van der Waals surface area (Å²) in [6, 6.07) is 9.26. The van der Waals surface area contributed by atoms with E-state index < -0.39 is 17.4 Å². The van der Waals surface area contributed by atoms with E-state index in [1.165, 1.54) is 30.3 Å². The van der Waals surface area contributed by atoms with Crippen molar-refractivity contribution in [1.29, 1.82) is 0 Å². The summed E-state index contributed by atoms with van der Waals surface area (Å²) in [6.45, 7) is 0. The van der Waals surface area contributed by atoms with Crippen LogP contribution in [-0.2, 0) is 6.18 Å². The lowest BCUT2D eigenvalue weighted by Crippen LogP contribution is -2.21. The lowest BCUT2D eigenvalue weighted by molar-refractivity contribution is -0.141. The molecule has 118 valence electrons. The van der Waals surface area contributed by atoms with Crippen molar-refractivity contribution in [3.63, 3.8) is 0 Å². The Morgan fingerprint density at radius 2 is 1.74 bits per heavy atom. The highest BCUT2D eigenvalue weighted by Gasteiger charge is 2.33. The van der Waals surface area contributed by atoms with Crippen molar-refractivity contribution >= 4 is 28.3 Å². The second kappa shape index (κ2) is 5.27. The maximum absolute atomic E-state index is 12.9. The number of fused-ring (bicyclic) bond motifs is 1. The average Bonchev–Trinajstić information content (AvgIpc) is 2.47. The molecule has 0 saturated carbocycles. The van der Waals surface area contributed by atoms with Crippen LogP contribution in [0.25, 0.3) is 16.7 Å². The van der Waals surface area contributed by atoms with Gasteiger partial charge in [0.25, 0.3) is 5.56 Å². The fourth-order valence-electron chi connectivity index (χ4n) is 2.22. The molecule has 0 atom stereocenters. The number of nitrogen functional groups attached to an aromatic ring is 1. The second-order valence-electron chi connectivity index (χ2n) is 4.82. The normalized spacial score (nSPS) is 11.8. The van der Waals surface area contributed by atoms with Gasteiger partial charge in [0, 0.05) is 22.2 Å². The number of hydrogen-bond acceptors (Lipinski definition) is 3. The van der Waals surface area contributed by atoms with Crippen molar-refractivity contribution in [2.45, 2.75) is 6.18 Å². The zero-order valence-electron chi connectivity index (χ0n) is 11.4. The van der Waals surface area contributed by atoms with Crippen LogP contribution in [-0.4, -0.2) is 9.55 Å². The third-order valence-electron chi connectivity index (χ3n) is 3.27. The molecule has 4 nitrogen and oxygen atoms in total. The van der Waals surface area contributed by atoms with Crippen LogP contribution in [0.3, 0.4) is 0 Å². The number of rotatable bonds is 1. The van der Waals surface area contributed by atoms with E-state index in [1.54, 1.807) is 0 Å². The molecule has 0 radical (unpaired) electrons. The number of nitrogens with two attached hydrogens (primary N) is 1. The summed E-state index contributed by atoms with van der Waals surface area (Å²) < 4.78 is 39.8. The van der Waals surface area contributed by atoms with Crippen LogP contribution in [0, 0.1) is 0 Å². The Bertz CT molecular complexity index is 949. The molecule has 0 aliphatic heterocycles. The Hall–Kier alpha value is -2.54. The van der Waals surface area contributed by atoms with Gasteiger partial charge in [0.15, 0.2) is 0 Å². The molecule has 2 aromatic heterocycles. The SMILES string of the molecule is Nc1cc(=O)n(-c2ccc(Cl)cc2)c2nc(C(F)(F)F)ccc12. The number of alkyl halides is 3. The molecule has 2 N–H and O–H groups in total. The largest absolute Gasteiger partial charge is 0.433 e. The molecule has 0 bridgehead atoms. The molecule has 0 fully saturated rings. The minimum atomic E-state index is -4.63. The first-order valence-corrected chi connectivity index (χ1v) is 6.80. The quantitative estimate of drug-likeness (QED) is 0.736. The van der Waals surface area contributed by atoms with E-state index in [2.05, 4.69) is 4.98 Å². The molecule has 23 heavy (non-hydrogen) atoms. The number of halogens is 4. The molecule has 3 rings (SSSR count). The van der Waals surface area contributed by atoms with E-state index in [0.29, 0.717) is 10.7 Å². The molecule has 0 spiro atoms. The molecule has 0 amide bonds. The highest BCUT2D eigenvalue weighted by Crippen LogP contribution is 2.30. The third kappa shape index (κ3) is 2.75. The number of benzene rings is 1. The van der Waals surface area contributed by atoms with Crippen LogP contribution in [0.5, 0.6) is 0 Å². The first-order chi connectivity index (χ1) is 10.8. The minimum Gasteiger partial charge on any atom is -0.398 e. The molecule has 0 aliphatic carbocycles. The fraction of sp³-hybridized carbons (Fsp3) is 0.0667. The van der Waals surface area contributed by atoms with Crippen LogP contribution in [0.1, 0.15) is 5.69 Å². The summed E-state index contributed by atoms with van der Waals surface area (Å²) in [5.74, 6) is 0. The first-order valence-electron chi connectivity index (χ1n) is 6.43. The zero-order valence-corrected chi connectivity index (χ0v) is 12.2. The summed E-state index contributed by atoms with van der Waals surface area (Å²) in [4.78, 5) is 15.8. The zero-order chi connectivity index (χ0) is 16.8. The molecule has 2 heterocycles. The van der Waals surface area contributed by atoms with E-state index in [0.717, 1.165) is 16.7 Å². The average molecular weight is 340 g/mol. The summed E-state index contributed by atoms with van der Waals surface area (Å²) >= 11 is 5.80. The van der Waals surface area contributed by atoms with E-state index in [9.17, 15) is 18.0 Å². The summed E-state index contributed by atoms with van der Waals surface area (Å²) in [6.07, 6.45) is -4.63. The number of anilines is 1. The smallest absolute Gasteiger partial charge is 0.398 e. The summed E-state index contributed by atoms with van der Waals surface area (Å²) in [7, 11) is 0. The van der Waals surface area contributed by atoms with Crippen molar-refractivity contribution in [2.75, 3.05) is 5.73 Å². The van der Waals surface area contributed by atoms with Gasteiger partial charge in [-0.2, -0.15) is 13.2 Å². The maximum atomic E-state index is 12.9. The Labute approximate surface area is 132 Å². The van der Waals surface area contributed by atoms with Crippen LogP contribution in [0.2, 0.25) is 5.02 Å². The van der Waals surface area contributed by atoms with Gasteiger partial charge < -0.3 is 5.73 Å². The molecular weight excluding hydrogens is 331 g/mol. The number of hydrogen-bond donors (Lipinski definition) is 1. The Morgan fingerprint density at radius 3 is 2.35 bits per heavy atom. The second-order valence-corrected chi connectivity index (χ2v) is 5.25. The van der Waals surface area contributed by atoms with Crippen LogP contribution in [0.4, 0.5) is 18.9 Å². The first kappa shape index (κ1) is 15.4. The van der Waals surface area contributed by atoms with Crippen molar-refractivity contribution in [3.8, 4) is 5.69 Å². The summed E-state index contributed by atoms with van der Waals surface area (Å²) in [5, 5.41) is 0.693. The highest BCUT2D eigenvalue weighted by molar-refractivity contribution is 6.30. The van der Waals surface area contributed by atoms with E-state index >= 15 is 0 Å². The van der Waals surface area contributed by atoms with Crippen molar-refractivity contribution in [2.24, 2.45) is 0 Å². The van der Waals surface area contributed by atoms with Gasteiger partial charge in [-0.1, -0.05) is 11.6 Å². The molecule has 3 aromatic rings. The summed E-state index contributed by atoms with van der Waals surface area (Å²) in [5.41, 5.74) is 4.30. The van der Waals surface area contributed by atoms with E-state index in [1.807, 2.05) is 0 Å². The predicted molar refractivity (Wildman–Crippen MR) is 81.8 cm³/mol. The van der Waals surface area contributed by atoms with E-state index in [-0.39, 0.29) is 16.7 Å². The van der Waals surface area contributed by atoms with Crippen molar-refractivity contribution < 1.29 is 13.2 Å². The monoisotopic (exact) mass is 339 g/mol. The predicted octanol–water partition coefficient (Wildman–Crippen LogP) is 3.64. The lowest BCUT2D eigenvalue weighted by Gasteiger charge is -2.13. The van der Waals surface area contributed by atoms with Crippen LogP contribution in [0.15, 0.2) is 47.3 Å². The Balaban J connectivity index is 2.40. The van der Waals surface area contributed by atoms with Crippen molar-refractivity contribution in [1.82, 2.24) is 9.55 Å². The molecule has 0 saturated heterocycles. The Morgan fingerprint density at radius 1 is 1.09 bits per heavy atom.